The number of ether oxygens (including phenoxy) is 1. The highest BCUT2D eigenvalue weighted by Crippen LogP contribution is 2.43. The number of phosphoric acid groups is 1. The molecule has 0 saturated carbocycles. The lowest BCUT2D eigenvalue weighted by molar-refractivity contribution is -0.870. The van der Waals surface area contributed by atoms with Gasteiger partial charge in [-0.15, -0.1) is 0 Å². The average molecular weight is 1090 g/mol. The second kappa shape index (κ2) is 56.0. The number of carbonyl (C=O) groups excluding carboxylic acids is 2. The average Bonchev–Trinajstić information content (AvgIpc) is 3.38. The molecule has 0 aromatic heterocycles. The number of phosphoric ester groups is 1. The minimum atomic E-state index is -4.45. The Morgan fingerprint density at radius 3 is 1.28 bits per heavy atom. The zero-order chi connectivity index (χ0) is 55.7. The van der Waals surface area contributed by atoms with Crippen LogP contribution in [0.15, 0.2) is 60.8 Å². The first-order valence-electron chi connectivity index (χ1n) is 32.1. The first-order valence-corrected chi connectivity index (χ1v) is 33.6. The molecule has 0 aliphatic carbocycles. The van der Waals surface area contributed by atoms with Gasteiger partial charge in [0.05, 0.1) is 33.8 Å². The van der Waals surface area contributed by atoms with Crippen LogP contribution in [0, 0.1) is 0 Å². The number of quaternary nitrogens is 1. The predicted molar refractivity (Wildman–Crippen MR) is 328 cm³/mol. The molecular weight excluding hydrogens is 964 g/mol. The molecule has 0 rings (SSSR count). The summed E-state index contributed by atoms with van der Waals surface area (Å²) in [5.41, 5.74) is 0. The number of esters is 1. The highest BCUT2D eigenvalue weighted by atomic mass is 31.2. The maximum absolute atomic E-state index is 13.6. The Bertz CT molecular complexity index is 1490. The van der Waals surface area contributed by atoms with Gasteiger partial charge < -0.3 is 19.4 Å². The van der Waals surface area contributed by atoms with E-state index in [0.29, 0.717) is 17.4 Å². The van der Waals surface area contributed by atoms with E-state index < -0.39 is 20.0 Å². The number of unbranched alkanes of at least 4 members (excludes halogenated alkanes) is 34. The Labute approximate surface area is 471 Å². The van der Waals surface area contributed by atoms with Crippen molar-refractivity contribution in [2.75, 3.05) is 40.9 Å². The van der Waals surface area contributed by atoms with Gasteiger partial charge in [0.25, 0.3) is 0 Å². The van der Waals surface area contributed by atoms with E-state index in [1.54, 1.807) is 0 Å². The molecule has 0 fully saturated rings. The molecule has 0 saturated heterocycles. The summed E-state index contributed by atoms with van der Waals surface area (Å²) in [5.74, 6) is -0.508. The van der Waals surface area contributed by atoms with Crippen LogP contribution in [-0.2, 0) is 27.9 Å². The Morgan fingerprint density at radius 1 is 0.474 bits per heavy atom. The lowest BCUT2D eigenvalue weighted by atomic mass is 10.0. The van der Waals surface area contributed by atoms with E-state index in [-0.39, 0.29) is 31.5 Å². The molecule has 0 aliphatic heterocycles. The highest BCUT2D eigenvalue weighted by Gasteiger charge is 2.30. The fraction of sp³-hybridized carbons (Fsp3) is 0.818. The lowest BCUT2D eigenvalue weighted by Crippen LogP contribution is -2.47. The smallest absolute Gasteiger partial charge is 0.456 e. The number of nitrogens with zero attached hydrogens (tertiary/aromatic N) is 1. The number of carbonyl (C=O) groups is 2. The number of hydrogen-bond donors (Lipinski definition) is 2. The summed E-state index contributed by atoms with van der Waals surface area (Å²) in [5, 5.41) is 3.06. The maximum Gasteiger partial charge on any atom is 0.472 e. The summed E-state index contributed by atoms with van der Waals surface area (Å²) in [7, 11) is 1.49. The van der Waals surface area contributed by atoms with Gasteiger partial charge in [0.15, 0.2) is 0 Å². The molecule has 76 heavy (non-hydrogen) atoms. The molecule has 0 aromatic rings. The summed E-state index contributed by atoms with van der Waals surface area (Å²) < 4.78 is 30.7. The zero-order valence-electron chi connectivity index (χ0n) is 50.7. The van der Waals surface area contributed by atoms with Gasteiger partial charge in [0.1, 0.15) is 19.3 Å². The summed E-state index contributed by atoms with van der Waals surface area (Å²) in [4.78, 5) is 37.7. The quantitative estimate of drug-likeness (QED) is 0.0205. The maximum atomic E-state index is 13.6. The third-order valence-electron chi connectivity index (χ3n) is 14.2. The fourth-order valence-electron chi connectivity index (χ4n) is 9.24. The summed E-state index contributed by atoms with van der Waals surface area (Å²) in [6.45, 7) is 6.90. The molecule has 0 spiro atoms. The van der Waals surface area contributed by atoms with Crippen molar-refractivity contribution < 1.29 is 37.3 Å². The Kier molecular flexibility index (Phi) is 54.3. The molecule has 2 N–H and O–H groups in total. The standard InChI is InChI=1S/C66H123N2O7P/c1-7-10-13-16-19-22-25-28-30-31-32-33-34-35-36-37-38-40-43-46-49-52-55-58-65(69)67-63(62-74-76(71,72)73-61-60-68(4,5)6)64(57-54-51-48-45-42-39-27-24-21-18-15-12-9-3)75-66(70)59-56-53-50-47-44-41-29-26-23-20-17-14-11-8-2/h11,14,19-20,22-23,28,30,54,57,63-64H,7-10,12-13,15-18,21,24-27,29,31-53,55-56,58-62H2,1-6H3,(H-,67,69,71,72)/p+1/b14-11+,22-19-,23-20+,30-28-,57-54-. The van der Waals surface area contributed by atoms with E-state index in [0.717, 1.165) is 89.9 Å². The molecule has 3 atom stereocenters. The predicted octanol–water partition coefficient (Wildman–Crippen LogP) is 19.8. The van der Waals surface area contributed by atoms with Crippen LogP contribution in [-0.4, -0.2) is 74.3 Å². The van der Waals surface area contributed by atoms with Gasteiger partial charge >= 0.3 is 13.8 Å². The zero-order valence-corrected chi connectivity index (χ0v) is 51.6. The first-order chi connectivity index (χ1) is 36.9. The van der Waals surface area contributed by atoms with Crippen LogP contribution in [0.1, 0.15) is 297 Å². The highest BCUT2D eigenvalue weighted by molar-refractivity contribution is 7.47. The van der Waals surface area contributed by atoms with Crippen molar-refractivity contribution in [3.63, 3.8) is 0 Å². The van der Waals surface area contributed by atoms with Crippen molar-refractivity contribution in [3.8, 4) is 0 Å². The first kappa shape index (κ1) is 73.7. The second-order valence-electron chi connectivity index (χ2n) is 22.9. The van der Waals surface area contributed by atoms with Crippen LogP contribution < -0.4 is 5.32 Å². The van der Waals surface area contributed by atoms with Gasteiger partial charge in [0.2, 0.25) is 5.91 Å². The molecule has 0 radical (unpaired) electrons. The minimum Gasteiger partial charge on any atom is -0.456 e. The van der Waals surface area contributed by atoms with E-state index in [9.17, 15) is 19.0 Å². The van der Waals surface area contributed by atoms with Gasteiger partial charge in [-0.2, -0.15) is 0 Å². The number of nitrogens with one attached hydrogen (secondary N) is 1. The van der Waals surface area contributed by atoms with Gasteiger partial charge in [-0.25, -0.2) is 4.57 Å². The topological polar surface area (TPSA) is 111 Å². The summed E-state index contributed by atoms with van der Waals surface area (Å²) in [6, 6.07) is -0.852. The number of amides is 1. The normalized spacial score (nSPS) is 14.0. The number of rotatable bonds is 58. The molecule has 0 aromatic carbocycles. The van der Waals surface area contributed by atoms with Crippen molar-refractivity contribution in [2.24, 2.45) is 0 Å². The van der Waals surface area contributed by atoms with E-state index in [2.05, 4.69) is 74.7 Å². The van der Waals surface area contributed by atoms with Gasteiger partial charge in [-0.05, 0) is 89.5 Å². The largest absolute Gasteiger partial charge is 0.472 e. The van der Waals surface area contributed by atoms with E-state index >= 15 is 0 Å². The molecule has 0 aliphatic rings. The second-order valence-corrected chi connectivity index (χ2v) is 24.4. The molecule has 0 bridgehead atoms. The Balaban J connectivity index is 5.16. The SMILES string of the molecule is CC/C=C/C/C=C/CCCCCCCCCC(=O)OC(/C=C\CCCCCCCCCCCCC)C(COP(=O)(O)OCC[N+](C)(C)C)NC(=O)CCCCCCCCCCCCCCC/C=C\C/C=C\CCCCC. The molecule has 0 heterocycles. The van der Waals surface area contributed by atoms with Gasteiger partial charge in [0, 0.05) is 12.8 Å². The number of allylic oxidation sites excluding steroid dienone is 9. The van der Waals surface area contributed by atoms with Crippen LogP contribution in [0.25, 0.3) is 0 Å². The van der Waals surface area contributed by atoms with Crippen LogP contribution in [0.2, 0.25) is 0 Å². The van der Waals surface area contributed by atoms with Crippen molar-refractivity contribution in [2.45, 2.75) is 309 Å². The van der Waals surface area contributed by atoms with Crippen LogP contribution in [0.4, 0.5) is 0 Å². The van der Waals surface area contributed by atoms with Crippen molar-refractivity contribution in [1.29, 1.82) is 0 Å². The van der Waals surface area contributed by atoms with Crippen molar-refractivity contribution >= 4 is 19.7 Å². The molecule has 444 valence electrons. The summed E-state index contributed by atoms with van der Waals surface area (Å²) >= 11 is 0. The van der Waals surface area contributed by atoms with E-state index in [1.807, 2.05) is 33.3 Å². The number of likely N-dealkylation sites (N-methyl/N-ethyl adjacent to an activating group) is 1. The van der Waals surface area contributed by atoms with Gasteiger partial charge in [-0.1, -0.05) is 255 Å². The van der Waals surface area contributed by atoms with Crippen LogP contribution >= 0.6 is 7.82 Å². The van der Waals surface area contributed by atoms with Gasteiger partial charge in [-0.3, -0.25) is 18.6 Å². The molecule has 10 heteroatoms. The van der Waals surface area contributed by atoms with Crippen LogP contribution in [0.5, 0.6) is 0 Å². The lowest BCUT2D eigenvalue weighted by Gasteiger charge is -2.27. The molecule has 3 unspecified atom stereocenters. The molecule has 9 nitrogen and oxygen atoms in total. The third kappa shape index (κ3) is 56.4. The minimum absolute atomic E-state index is 0.0383. The number of hydrogen-bond acceptors (Lipinski definition) is 6. The Hall–Kier alpha value is -2.29. The third-order valence-corrected chi connectivity index (χ3v) is 15.2. The van der Waals surface area contributed by atoms with Crippen LogP contribution in [0.3, 0.4) is 0 Å². The van der Waals surface area contributed by atoms with Crippen molar-refractivity contribution in [1.82, 2.24) is 5.32 Å². The Morgan fingerprint density at radius 2 is 0.842 bits per heavy atom. The van der Waals surface area contributed by atoms with Crippen molar-refractivity contribution in [3.05, 3.63) is 60.8 Å². The monoisotopic (exact) mass is 1090 g/mol. The summed E-state index contributed by atoms with van der Waals surface area (Å²) in [6.07, 6.45) is 70.7. The van der Waals surface area contributed by atoms with E-state index in [1.165, 1.54) is 173 Å². The van der Waals surface area contributed by atoms with E-state index in [4.69, 9.17) is 13.8 Å². The fourth-order valence-corrected chi connectivity index (χ4v) is 9.98. The molecule has 1 amide bonds. The molecular formula is C66H124N2O7P+.